The maximum Gasteiger partial charge on any atom is 0.353 e. The third-order valence-corrected chi connectivity index (χ3v) is 4.79. The van der Waals surface area contributed by atoms with Crippen molar-refractivity contribution in [3.05, 3.63) is 41.2 Å². The Morgan fingerprint density at radius 3 is 2.38 bits per heavy atom. The molecule has 5 heteroatoms. The van der Waals surface area contributed by atoms with Gasteiger partial charge in [0.15, 0.2) is 0 Å². The molecule has 0 unspecified atom stereocenters. The Balaban J connectivity index is 2.11. The van der Waals surface area contributed by atoms with Crippen molar-refractivity contribution >= 4 is 11.7 Å². The number of carboxylic acid groups (broad SMARTS) is 1. The lowest BCUT2D eigenvalue weighted by molar-refractivity contribution is 0.0687. The van der Waals surface area contributed by atoms with Crippen molar-refractivity contribution in [2.45, 2.75) is 26.2 Å². The summed E-state index contributed by atoms with van der Waals surface area (Å²) in [4.78, 5) is 14.1. The van der Waals surface area contributed by atoms with Gasteiger partial charge in [0.05, 0.1) is 5.56 Å². The van der Waals surface area contributed by atoms with Crippen LogP contribution in [0.15, 0.2) is 24.3 Å². The molecule has 124 valence electrons. The lowest BCUT2D eigenvalue weighted by Crippen LogP contribution is -2.17. The van der Waals surface area contributed by atoms with E-state index in [0.29, 0.717) is 17.5 Å². The van der Waals surface area contributed by atoms with Gasteiger partial charge in [-0.3, -0.25) is 0 Å². The third-order valence-electron chi connectivity index (χ3n) is 4.79. The molecule has 0 saturated carbocycles. The molecule has 0 atom stereocenters. The van der Waals surface area contributed by atoms with E-state index in [1.165, 1.54) is 12.8 Å². The van der Waals surface area contributed by atoms with Crippen LogP contribution in [0.2, 0.25) is 0 Å². The van der Waals surface area contributed by atoms with Crippen LogP contribution in [0.4, 0.5) is 5.69 Å². The number of carbonyl (C=O) groups is 1. The van der Waals surface area contributed by atoms with E-state index in [4.69, 9.17) is 0 Å². The van der Waals surface area contributed by atoms with E-state index >= 15 is 0 Å². The van der Waals surface area contributed by atoms with Crippen LogP contribution in [-0.2, 0) is 13.5 Å². The Hall–Kier alpha value is -2.74. The van der Waals surface area contributed by atoms with Gasteiger partial charge in [0, 0.05) is 37.1 Å². The zero-order valence-electron chi connectivity index (χ0n) is 14.0. The van der Waals surface area contributed by atoms with E-state index < -0.39 is 5.97 Å². The summed E-state index contributed by atoms with van der Waals surface area (Å²) >= 11 is 0. The van der Waals surface area contributed by atoms with Gasteiger partial charge in [-0.05, 0) is 37.0 Å². The van der Waals surface area contributed by atoms with E-state index in [1.807, 2.05) is 31.2 Å². The van der Waals surface area contributed by atoms with E-state index in [1.54, 1.807) is 11.6 Å². The van der Waals surface area contributed by atoms with Gasteiger partial charge in [0.2, 0.25) is 0 Å². The van der Waals surface area contributed by atoms with Crippen LogP contribution in [0.1, 0.15) is 41.5 Å². The number of nitriles is 1. The zero-order valence-corrected chi connectivity index (χ0v) is 14.0. The van der Waals surface area contributed by atoms with Crippen molar-refractivity contribution in [2.75, 3.05) is 18.0 Å². The predicted molar refractivity (Wildman–Crippen MR) is 93.3 cm³/mol. The van der Waals surface area contributed by atoms with Gasteiger partial charge >= 0.3 is 5.97 Å². The van der Waals surface area contributed by atoms with Crippen LogP contribution < -0.4 is 4.90 Å². The number of carboxylic acids is 1. The second-order valence-electron chi connectivity index (χ2n) is 6.12. The highest BCUT2D eigenvalue weighted by Gasteiger charge is 2.25. The van der Waals surface area contributed by atoms with Gasteiger partial charge in [-0.25, -0.2) is 4.79 Å². The molecule has 1 N–H and O–H groups in total. The molecule has 1 aromatic carbocycles. The highest BCUT2D eigenvalue weighted by Crippen LogP contribution is 2.34. The molecule has 5 nitrogen and oxygen atoms in total. The van der Waals surface area contributed by atoms with Crippen LogP contribution in [-0.4, -0.2) is 28.7 Å². The standard InChI is InChI=1S/C19H21N3O2/c1-3-16-15(12-20)17(18(19(23)24)21(16)2)13-6-8-14(9-7-13)22-10-4-5-11-22/h6-9H,3-5,10-11H2,1-2H3,(H,23,24). The largest absolute Gasteiger partial charge is 0.477 e. The van der Waals surface area contributed by atoms with Gasteiger partial charge in [-0.1, -0.05) is 19.1 Å². The molecule has 2 aromatic rings. The summed E-state index contributed by atoms with van der Waals surface area (Å²) in [5.41, 5.74) is 3.86. The molecule has 1 aromatic heterocycles. The number of hydrogen-bond donors (Lipinski definition) is 1. The molecule has 0 spiro atoms. The fourth-order valence-corrected chi connectivity index (χ4v) is 3.61. The molecular weight excluding hydrogens is 302 g/mol. The van der Waals surface area contributed by atoms with Crippen LogP contribution in [0.25, 0.3) is 11.1 Å². The van der Waals surface area contributed by atoms with Crippen LogP contribution in [0, 0.1) is 11.3 Å². The Morgan fingerprint density at radius 1 is 1.25 bits per heavy atom. The number of benzene rings is 1. The molecule has 3 rings (SSSR count). The molecule has 0 amide bonds. The van der Waals surface area contributed by atoms with Crippen molar-refractivity contribution in [1.82, 2.24) is 4.57 Å². The minimum Gasteiger partial charge on any atom is -0.477 e. The van der Waals surface area contributed by atoms with Crippen LogP contribution in [0.5, 0.6) is 0 Å². The average Bonchev–Trinajstić information content (AvgIpc) is 3.20. The second-order valence-corrected chi connectivity index (χ2v) is 6.12. The molecule has 1 aliphatic rings. The minimum atomic E-state index is -1.01. The molecule has 1 saturated heterocycles. The quantitative estimate of drug-likeness (QED) is 0.936. The summed E-state index contributed by atoms with van der Waals surface area (Å²) in [6.07, 6.45) is 3.04. The first-order valence-corrected chi connectivity index (χ1v) is 8.28. The van der Waals surface area contributed by atoms with Gasteiger partial charge in [-0.15, -0.1) is 0 Å². The summed E-state index contributed by atoms with van der Waals surface area (Å²) in [5.74, 6) is -1.01. The normalized spacial score (nSPS) is 14.0. The lowest BCUT2D eigenvalue weighted by Gasteiger charge is -2.17. The van der Waals surface area contributed by atoms with Gasteiger partial charge in [0.1, 0.15) is 11.8 Å². The molecular formula is C19H21N3O2. The second kappa shape index (κ2) is 6.40. The summed E-state index contributed by atoms with van der Waals surface area (Å²) in [6.45, 7) is 4.06. The SMILES string of the molecule is CCc1c(C#N)c(-c2ccc(N3CCCC3)cc2)c(C(=O)O)n1C. The molecule has 0 bridgehead atoms. The first-order valence-electron chi connectivity index (χ1n) is 8.28. The number of hydrogen-bond acceptors (Lipinski definition) is 3. The summed E-state index contributed by atoms with van der Waals surface area (Å²) < 4.78 is 1.63. The topological polar surface area (TPSA) is 69.3 Å². The van der Waals surface area contributed by atoms with Crippen molar-refractivity contribution in [1.29, 1.82) is 5.26 Å². The molecule has 1 fully saturated rings. The number of nitrogens with zero attached hydrogens (tertiary/aromatic N) is 3. The summed E-state index contributed by atoms with van der Waals surface area (Å²) in [7, 11) is 1.71. The summed E-state index contributed by atoms with van der Waals surface area (Å²) in [6, 6.07) is 10.1. The van der Waals surface area contributed by atoms with E-state index in [9.17, 15) is 15.2 Å². The molecule has 0 aliphatic carbocycles. The fourth-order valence-electron chi connectivity index (χ4n) is 3.61. The van der Waals surface area contributed by atoms with E-state index in [0.717, 1.165) is 30.0 Å². The van der Waals surface area contributed by atoms with E-state index in [-0.39, 0.29) is 5.69 Å². The van der Waals surface area contributed by atoms with Crippen molar-refractivity contribution in [3.8, 4) is 17.2 Å². The maximum atomic E-state index is 11.8. The zero-order chi connectivity index (χ0) is 17.3. The summed E-state index contributed by atoms with van der Waals surface area (Å²) in [5, 5.41) is 19.2. The number of rotatable bonds is 4. The first kappa shape index (κ1) is 16.1. The van der Waals surface area contributed by atoms with Crippen molar-refractivity contribution < 1.29 is 9.90 Å². The van der Waals surface area contributed by atoms with Gasteiger partial charge < -0.3 is 14.6 Å². The highest BCUT2D eigenvalue weighted by atomic mass is 16.4. The van der Waals surface area contributed by atoms with Crippen molar-refractivity contribution in [2.24, 2.45) is 7.05 Å². The average molecular weight is 323 g/mol. The first-order chi connectivity index (χ1) is 11.6. The predicted octanol–water partition coefficient (Wildman–Crippen LogP) is 3.42. The Labute approximate surface area is 141 Å². The molecule has 2 heterocycles. The molecule has 1 aliphatic heterocycles. The lowest BCUT2D eigenvalue weighted by atomic mass is 9.99. The minimum absolute atomic E-state index is 0.178. The number of aromatic nitrogens is 1. The Kier molecular flexibility index (Phi) is 4.30. The maximum absolute atomic E-state index is 11.8. The molecule has 0 radical (unpaired) electrons. The van der Waals surface area contributed by atoms with Crippen LogP contribution >= 0.6 is 0 Å². The monoisotopic (exact) mass is 323 g/mol. The molecule has 24 heavy (non-hydrogen) atoms. The Bertz CT molecular complexity index is 807. The fraction of sp³-hybridized carbons (Fsp3) is 0.368. The number of anilines is 1. The Morgan fingerprint density at radius 2 is 1.88 bits per heavy atom. The smallest absolute Gasteiger partial charge is 0.353 e. The van der Waals surface area contributed by atoms with E-state index in [2.05, 4.69) is 11.0 Å². The number of aromatic carboxylic acids is 1. The third kappa shape index (κ3) is 2.54. The van der Waals surface area contributed by atoms with Crippen LogP contribution in [0.3, 0.4) is 0 Å². The van der Waals surface area contributed by atoms with Crippen molar-refractivity contribution in [3.63, 3.8) is 0 Å². The van der Waals surface area contributed by atoms with Gasteiger partial charge in [0.25, 0.3) is 0 Å². The van der Waals surface area contributed by atoms with Gasteiger partial charge in [-0.2, -0.15) is 5.26 Å². The highest BCUT2D eigenvalue weighted by molar-refractivity contribution is 5.97.